The standard InChI is InChI=1S/C12H17N3O2/c1-9-4-6-12(7-5-9,11(16)17)14-10-3-2-8-13-15-10/h2-3,8-9H,4-7H2,1H3,(H,14,15)(H,16,17). The van der Waals surface area contributed by atoms with Crippen LogP contribution in [0.5, 0.6) is 0 Å². The highest BCUT2D eigenvalue weighted by atomic mass is 16.4. The normalized spacial score (nSPS) is 28.6. The van der Waals surface area contributed by atoms with Crippen LogP contribution < -0.4 is 5.32 Å². The van der Waals surface area contributed by atoms with Gasteiger partial charge in [0.05, 0.1) is 0 Å². The second-order valence-electron chi connectivity index (χ2n) is 4.80. The maximum absolute atomic E-state index is 11.5. The number of anilines is 1. The first-order valence-corrected chi connectivity index (χ1v) is 5.92. The van der Waals surface area contributed by atoms with Crippen LogP contribution >= 0.6 is 0 Å². The van der Waals surface area contributed by atoms with E-state index in [0.29, 0.717) is 24.6 Å². The number of aromatic nitrogens is 2. The average molecular weight is 235 g/mol. The first-order valence-electron chi connectivity index (χ1n) is 5.92. The summed E-state index contributed by atoms with van der Waals surface area (Å²) in [5.41, 5.74) is -0.872. The molecule has 0 aromatic carbocycles. The molecule has 0 unspecified atom stereocenters. The van der Waals surface area contributed by atoms with Crippen LogP contribution in [0.25, 0.3) is 0 Å². The second kappa shape index (κ2) is 4.69. The molecule has 1 aliphatic rings. The first kappa shape index (κ1) is 11.8. The Morgan fingerprint density at radius 1 is 1.53 bits per heavy atom. The lowest BCUT2D eigenvalue weighted by Crippen LogP contribution is -2.49. The number of nitrogens with one attached hydrogen (secondary N) is 1. The van der Waals surface area contributed by atoms with E-state index in [1.165, 1.54) is 0 Å². The summed E-state index contributed by atoms with van der Waals surface area (Å²) in [6.45, 7) is 2.16. The van der Waals surface area contributed by atoms with Crippen molar-refractivity contribution in [1.29, 1.82) is 0 Å². The van der Waals surface area contributed by atoms with E-state index in [1.807, 2.05) is 0 Å². The molecule has 0 bridgehead atoms. The molecule has 2 rings (SSSR count). The van der Waals surface area contributed by atoms with Gasteiger partial charge in [-0.1, -0.05) is 6.92 Å². The van der Waals surface area contributed by atoms with Crippen molar-refractivity contribution < 1.29 is 9.90 Å². The van der Waals surface area contributed by atoms with Crippen LogP contribution in [-0.2, 0) is 4.79 Å². The first-order chi connectivity index (χ1) is 8.12. The van der Waals surface area contributed by atoms with Crippen LogP contribution in [0.15, 0.2) is 18.3 Å². The zero-order valence-electron chi connectivity index (χ0n) is 9.89. The molecule has 1 aliphatic carbocycles. The summed E-state index contributed by atoms with van der Waals surface area (Å²) in [7, 11) is 0. The lowest BCUT2D eigenvalue weighted by Gasteiger charge is -2.36. The van der Waals surface area contributed by atoms with Crippen LogP contribution in [0.3, 0.4) is 0 Å². The summed E-state index contributed by atoms with van der Waals surface area (Å²) < 4.78 is 0. The van der Waals surface area contributed by atoms with Crippen molar-refractivity contribution in [2.24, 2.45) is 5.92 Å². The van der Waals surface area contributed by atoms with Gasteiger partial charge in [0, 0.05) is 6.20 Å². The Balaban J connectivity index is 2.15. The number of carboxylic acids is 1. The molecule has 0 spiro atoms. The molecule has 5 nitrogen and oxygen atoms in total. The van der Waals surface area contributed by atoms with Crippen LogP contribution in [-0.4, -0.2) is 26.8 Å². The van der Waals surface area contributed by atoms with E-state index in [0.717, 1.165) is 12.8 Å². The number of rotatable bonds is 3. The Kier molecular flexibility index (Phi) is 3.26. The molecule has 0 saturated heterocycles. The molecule has 1 fully saturated rings. The van der Waals surface area contributed by atoms with E-state index in [9.17, 15) is 9.90 Å². The van der Waals surface area contributed by atoms with Crippen molar-refractivity contribution in [2.45, 2.75) is 38.1 Å². The highest BCUT2D eigenvalue weighted by Gasteiger charge is 2.41. The Hall–Kier alpha value is -1.65. The van der Waals surface area contributed by atoms with Crippen molar-refractivity contribution in [1.82, 2.24) is 10.2 Å². The molecule has 0 amide bonds. The fourth-order valence-electron chi connectivity index (χ4n) is 2.26. The predicted molar refractivity (Wildman–Crippen MR) is 63.7 cm³/mol. The van der Waals surface area contributed by atoms with E-state index >= 15 is 0 Å². The van der Waals surface area contributed by atoms with Crippen molar-refractivity contribution >= 4 is 11.8 Å². The zero-order valence-corrected chi connectivity index (χ0v) is 9.89. The van der Waals surface area contributed by atoms with Gasteiger partial charge in [0.25, 0.3) is 0 Å². The van der Waals surface area contributed by atoms with Crippen molar-refractivity contribution in [3.8, 4) is 0 Å². The number of carboxylic acid groups (broad SMARTS) is 1. The van der Waals surface area contributed by atoms with Crippen LogP contribution in [0.4, 0.5) is 5.82 Å². The number of aliphatic carboxylic acids is 1. The lowest BCUT2D eigenvalue weighted by atomic mass is 9.77. The minimum atomic E-state index is -0.872. The van der Waals surface area contributed by atoms with Crippen LogP contribution in [0.2, 0.25) is 0 Å². The van der Waals surface area contributed by atoms with E-state index in [-0.39, 0.29) is 0 Å². The third-order valence-electron chi connectivity index (χ3n) is 3.48. The molecule has 92 valence electrons. The molecule has 1 heterocycles. The van der Waals surface area contributed by atoms with Gasteiger partial charge in [0.1, 0.15) is 11.4 Å². The highest BCUT2D eigenvalue weighted by Crippen LogP contribution is 2.34. The van der Waals surface area contributed by atoms with Crippen molar-refractivity contribution in [3.63, 3.8) is 0 Å². The smallest absolute Gasteiger partial charge is 0.329 e. The maximum atomic E-state index is 11.5. The predicted octanol–water partition coefficient (Wildman–Crippen LogP) is 1.92. The van der Waals surface area contributed by atoms with Crippen molar-refractivity contribution in [3.05, 3.63) is 18.3 Å². The molecule has 0 atom stereocenters. The molecular formula is C12H17N3O2. The van der Waals surface area contributed by atoms with Gasteiger partial charge in [-0.3, -0.25) is 0 Å². The Bertz CT molecular complexity index is 386. The third kappa shape index (κ3) is 2.54. The summed E-state index contributed by atoms with van der Waals surface area (Å²) in [6, 6.07) is 3.49. The van der Waals surface area contributed by atoms with Crippen LogP contribution in [0.1, 0.15) is 32.6 Å². The van der Waals surface area contributed by atoms with Gasteiger partial charge in [0.2, 0.25) is 0 Å². The summed E-state index contributed by atoms with van der Waals surface area (Å²) in [4.78, 5) is 11.5. The van der Waals surface area contributed by atoms with Gasteiger partial charge in [-0.2, -0.15) is 5.10 Å². The Morgan fingerprint density at radius 2 is 2.24 bits per heavy atom. The van der Waals surface area contributed by atoms with Crippen LogP contribution in [0, 0.1) is 5.92 Å². The van der Waals surface area contributed by atoms with Gasteiger partial charge >= 0.3 is 5.97 Å². The molecule has 1 aromatic heterocycles. The number of hydrogen-bond acceptors (Lipinski definition) is 4. The van der Waals surface area contributed by atoms with Gasteiger partial charge in [-0.05, 0) is 43.7 Å². The van der Waals surface area contributed by atoms with E-state index in [2.05, 4.69) is 22.4 Å². The zero-order chi connectivity index (χ0) is 12.3. The average Bonchev–Trinajstić information content (AvgIpc) is 2.33. The highest BCUT2D eigenvalue weighted by molar-refractivity contribution is 5.82. The summed E-state index contributed by atoms with van der Waals surface area (Å²) >= 11 is 0. The van der Waals surface area contributed by atoms with Gasteiger partial charge in [-0.25, -0.2) is 4.79 Å². The second-order valence-corrected chi connectivity index (χ2v) is 4.80. The van der Waals surface area contributed by atoms with E-state index < -0.39 is 11.5 Å². The summed E-state index contributed by atoms with van der Waals surface area (Å²) in [5.74, 6) is 0.339. The molecule has 0 radical (unpaired) electrons. The van der Waals surface area contributed by atoms with E-state index in [1.54, 1.807) is 18.3 Å². The van der Waals surface area contributed by atoms with Gasteiger partial charge in [-0.15, -0.1) is 5.10 Å². The van der Waals surface area contributed by atoms with E-state index in [4.69, 9.17) is 0 Å². The van der Waals surface area contributed by atoms with Gasteiger partial charge in [0.15, 0.2) is 0 Å². The van der Waals surface area contributed by atoms with Gasteiger partial charge < -0.3 is 10.4 Å². The largest absolute Gasteiger partial charge is 0.480 e. The lowest BCUT2D eigenvalue weighted by molar-refractivity contribution is -0.143. The summed E-state index contributed by atoms with van der Waals surface area (Å²) in [5, 5.41) is 20.1. The number of carbonyl (C=O) groups is 1. The minimum absolute atomic E-state index is 0.532. The molecule has 0 aliphatic heterocycles. The summed E-state index contributed by atoms with van der Waals surface area (Å²) in [6.07, 6.45) is 4.71. The topological polar surface area (TPSA) is 75.1 Å². The third-order valence-corrected chi connectivity index (χ3v) is 3.48. The molecule has 5 heteroatoms. The molecule has 2 N–H and O–H groups in total. The van der Waals surface area contributed by atoms with Crippen molar-refractivity contribution in [2.75, 3.05) is 5.32 Å². The molecule has 1 aromatic rings. The number of hydrogen-bond donors (Lipinski definition) is 2. The molecular weight excluding hydrogens is 218 g/mol. The Labute approximate surface area is 100 Å². The maximum Gasteiger partial charge on any atom is 0.329 e. The number of nitrogens with zero attached hydrogens (tertiary/aromatic N) is 2. The Morgan fingerprint density at radius 3 is 2.76 bits per heavy atom. The quantitative estimate of drug-likeness (QED) is 0.837. The fraction of sp³-hybridized carbons (Fsp3) is 0.583. The SMILES string of the molecule is CC1CCC(Nc2cccnn2)(C(=O)O)CC1. The molecule has 17 heavy (non-hydrogen) atoms. The molecule has 1 saturated carbocycles. The fourth-order valence-corrected chi connectivity index (χ4v) is 2.26. The monoisotopic (exact) mass is 235 g/mol. The minimum Gasteiger partial charge on any atom is -0.480 e.